The van der Waals surface area contributed by atoms with E-state index in [-0.39, 0.29) is 30.3 Å². The van der Waals surface area contributed by atoms with Gasteiger partial charge in [0.25, 0.3) is 0 Å². The maximum atomic E-state index is 12.2. The van der Waals surface area contributed by atoms with E-state index < -0.39 is 0 Å². The van der Waals surface area contributed by atoms with E-state index in [9.17, 15) is 9.59 Å². The second kappa shape index (κ2) is 16.0. The molecule has 7 heteroatoms. The van der Waals surface area contributed by atoms with Gasteiger partial charge < -0.3 is 24.4 Å². The van der Waals surface area contributed by atoms with Crippen molar-refractivity contribution in [2.45, 2.75) is 40.0 Å². The molecule has 0 heterocycles. The fourth-order valence-corrected chi connectivity index (χ4v) is 2.43. The fourth-order valence-electron chi connectivity index (χ4n) is 2.43. The van der Waals surface area contributed by atoms with Gasteiger partial charge in [-0.3, -0.25) is 9.59 Å². The number of ether oxygens (including phenoxy) is 3. The summed E-state index contributed by atoms with van der Waals surface area (Å²) in [5.41, 5.74) is 0. The molecule has 0 aliphatic rings. The minimum absolute atomic E-state index is 0.00531. The first-order valence-corrected chi connectivity index (χ1v) is 9.66. The Labute approximate surface area is 158 Å². The molecule has 2 unspecified atom stereocenters. The van der Waals surface area contributed by atoms with E-state index in [2.05, 4.69) is 10.2 Å². The molecule has 0 saturated carbocycles. The molecule has 0 fully saturated rings. The van der Waals surface area contributed by atoms with Crippen molar-refractivity contribution in [2.75, 3.05) is 60.2 Å². The molecule has 7 nitrogen and oxygen atoms in total. The Kier molecular flexibility index (Phi) is 15.3. The monoisotopic (exact) mass is 374 g/mol. The number of amides is 1. The molecule has 154 valence electrons. The highest BCUT2D eigenvalue weighted by atomic mass is 16.6. The highest BCUT2D eigenvalue weighted by molar-refractivity contribution is 5.79. The zero-order valence-electron chi connectivity index (χ0n) is 17.2. The van der Waals surface area contributed by atoms with E-state index in [1.165, 1.54) is 0 Å². The third-order valence-corrected chi connectivity index (χ3v) is 4.04. The molecule has 0 aromatic carbocycles. The van der Waals surface area contributed by atoms with Gasteiger partial charge in [-0.2, -0.15) is 0 Å². The van der Waals surface area contributed by atoms with E-state index in [4.69, 9.17) is 14.2 Å². The van der Waals surface area contributed by atoms with Crippen LogP contribution in [0.5, 0.6) is 0 Å². The number of nitrogens with zero attached hydrogens (tertiary/aromatic N) is 1. The first-order valence-electron chi connectivity index (χ1n) is 9.66. The number of carbonyl (C=O) groups is 2. The van der Waals surface area contributed by atoms with E-state index in [1.807, 2.05) is 34.9 Å². The quantitative estimate of drug-likeness (QED) is 0.327. The molecule has 0 aliphatic heterocycles. The maximum absolute atomic E-state index is 12.2. The van der Waals surface area contributed by atoms with Gasteiger partial charge in [0.2, 0.25) is 5.91 Å². The summed E-state index contributed by atoms with van der Waals surface area (Å²) in [6, 6.07) is 0. The zero-order valence-corrected chi connectivity index (χ0v) is 17.2. The first kappa shape index (κ1) is 24.8. The van der Waals surface area contributed by atoms with Gasteiger partial charge in [-0.15, -0.1) is 0 Å². The topological polar surface area (TPSA) is 77.1 Å². The minimum atomic E-state index is -0.263. The van der Waals surface area contributed by atoms with Crippen LogP contribution in [0.4, 0.5) is 0 Å². The van der Waals surface area contributed by atoms with Gasteiger partial charge in [-0.05, 0) is 46.8 Å². The van der Waals surface area contributed by atoms with Gasteiger partial charge in [-0.1, -0.05) is 13.8 Å². The largest absolute Gasteiger partial charge is 0.463 e. The smallest absolute Gasteiger partial charge is 0.309 e. The van der Waals surface area contributed by atoms with Gasteiger partial charge in [0.1, 0.15) is 6.61 Å². The Morgan fingerprint density at radius 1 is 1.04 bits per heavy atom. The van der Waals surface area contributed by atoms with Crippen LogP contribution in [0.2, 0.25) is 0 Å². The summed E-state index contributed by atoms with van der Waals surface area (Å²) >= 11 is 0. The molecule has 0 spiro atoms. The van der Waals surface area contributed by atoms with Gasteiger partial charge in [-0.25, -0.2) is 0 Å². The normalized spacial score (nSPS) is 13.5. The van der Waals surface area contributed by atoms with Crippen LogP contribution in [0.25, 0.3) is 0 Å². The van der Waals surface area contributed by atoms with Crippen LogP contribution in [-0.4, -0.2) is 77.0 Å². The van der Waals surface area contributed by atoms with Gasteiger partial charge in [0.05, 0.1) is 25.7 Å². The Morgan fingerprint density at radius 2 is 1.69 bits per heavy atom. The predicted molar refractivity (Wildman–Crippen MR) is 102 cm³/mol. The van der Waals surface area contributed by atoms with Crippen LogP contribution in [0.1, 0.15) is 40.0 Å². The molecule has 0 aromatic heterocycles. The van der Waals surface area contributed by atoms with Crippen LogP contribution in [-0.2, 0) is 23.8 Å². The van der Waals surface area contributed by atoms with Crippen molar-refractivity contribution in [1.29, 1.82) is 0 Å². The highest BCUT2D eigenvalue weighted by Gasteiger charge is 2.24. The van der Waals surface area contributed by atoms with Crippen molar-refractivity contribution in [2.24, 2.45) is 11.8 Å². The molecule has 1 N–H and O–H groups in total. The molecular weight excluding hydrogens is 336 g/mol. The number of rotatable bonds is 16. The molecule has 0 bridgehead atoms. The molecule has 1 amide bonds. The lowest BCUT2D eigenvalue weighted by molar-refractivity contribution is -0.151. The van der Waals surface area contributed by atoms with Crippen molar-refractivity contribution in [3.63, 3.8) is 0 Å². The highest BCUT2D eigenvalue weighted by Crippen LogP contribution is 2.17. The van der Waals surface area contributed by atoms with Gasteiger partial charge in [0.15, 0.2) is 0 Å². The van der Waals surface area contributed by atoms with E-state index in [1.54, 1.807) is 0 Å². The standard InChI is InChI=1S/C19H38N2O5/c1-6-17(19(23)26-14-13-25-12-11-24-7-2)15-16(3)18(22)20-9-8-10-21(4)5/h16-17H,6-15H2,1-5H3,(H,20,22). The lowest BCUT2D eigenvalue weighted by atomic mass is 9.93. The Bertz CT molecular complexity index is 377. The molecule has 0 aliphatic carbocycles. The Hall–Kier alpha value is -1.18. The summed E-state index contributed by atoms with van der Waals surface area (Å²) in [6.07, 6.45) is 2.07. The average molecular weight is 375 g/mol. The van der Waals surface area contributed by atoms with Gasteiger partial charge >= 0.3 is 5.97 Å². The minimum Gasteiger partial charge on any atom is -0.463 e. The Balaban J connectivity index is 3.98. The van der Waals surface area contributed by atoms with Crippen LogP contribution < -0.4 is 5.32 Å². The summed E-state index contributed by atoms with van der Waals surface area (Å²) in [4.78, 5) is 26.4. The van der Waals surface area contributed by atoms with Crippen LogP contribution in [0.15, 0.2) is 0 Å². The van der Waals surface area contributed by atoms with E-state index >= 15 is 0 Å². The van der Waals surface area contributed by atoms with Gasteiger partial charge in [0, 0.05) is 19.1 Å². The van der Waals surface area contributed by atoms with Crippen molar-refractivity contribution in [3.8, 4) is 0 Å². The molecule has 0 saturated heterocycles. The van der Waals surface area contributed by atoms with Crippen molar-refractivity contribution < 1.29 is 23.8 Å². The average Bonchev–Trinajstić information content (AvgIpc) is 2.61. The maximum Gasteiger partial charge on any atom is 0.309 e. The lowest BCUT2D eigenvalue weighted by Gasteiger charge is -2.19. The second-order valence-electron chi connectivity index (χ2n) is 6.67. The third-order valence-electron chi connectivity index (χ3n) is 4.04. The number of hydrogen-bond acceptors (Lipinski definition) is 6. The van der Waals surface area contributed by atoms with Crippen LogP contribution in [0.3, 0.4) is 0 Å². The van der Waals surface area contributed by atoms with Crippen molar-refractivity contribution in [3.05, 3.63) is 0 Å². The predicted octanol–water partition coefficient (Wildman–Crippen LogP) is 1.70. The van der Waals surface area contributed by atoms with Crippen molar-refractivity contribution >= 4 is 11.9 Å². The Morgan fingerprint density at radius 3 is 2.31 bits per heavy atom. The lowest BCUT2D eigenvalue weighted by Crippen LogP contribution is -2.33. The summed E-state index contributed by atoms with van der Waals surface area (Å²) < 4.78 is 15.7. The number of hydrogen-bond donors (Lipinski definition) is 1. The summed E-state index contributed by atoms with van der Waals surface area (Å²) in [7, 11) is 4.01. The number of esters is 1. The summed E-state index contributed by atoms with van der Waals surface area (Å²) in [6.45, 7) is 9.60. The van der Waals surface area contributed by atoms with E-state index in [0.29, 0.717) is 45.8 Å². The zero-order chi connectivity index (χ0) is 19.8. The first-order chi connectivity index (χ1) is 12.4. The molecule has 0 radical (unpaired) electrons. The number of carbonyl (C=O) groups excluding carboxylic acids is 2. The fraction of sp³-hybridized carbons (Fsp3) is 0.895. The molecule has 2 atom stereocenters. The van der Waals surface area contributed by atoms with Crippen LogP contribution in [0, 0.1) is 11.8 Å². The van der Waals surface area contributed by atoms with Crippen molar-refractivity contribution in [1.82, 2.24) is 10.2 Å². The summed E-state index contributed by atoms with van der Waals surface area (Å²) in [5.74, 6) is -0.738. The third kappa shape index (κ3) is 13.1. The molecule has 0 aromatic rings. The molecule has 26 heavy (non-hydrogen) atoms. The molecular formula is C19H38N2O5. The molecule has 0 rings (SSSR count). The number of nitrogens with one attached hydrogen (secondary N) is 1. The summed E-state index contributed by atoms with van der Waals surface area (Å²) in [5, 5.41) is 2.93. The second-order valence-corrected chi connectivity index (χ2v) is 6.67. The SMILES string of the molecule is CCOCCOCCOC(=O)C(CC)CC(C)C(=O)NCCCN(C)C. The van der Waals surface area contributed by atoms with Crippen LogP contribution >= 0.6 is 0 Å². The van der Waals surface area contributed by atoms with E-state index in [0.717, 1.165) is 13.0 Å².